The molecule has 2 aliphatic heterocycles. The summed E-state index contributed by atoms with van der Waals surface area (Å²) in [5, 5.41) is 2.96. The summed E-state index contributed by atoms with van der Waals surface area (Å²) in [5.41, 5.74) is -0.322. The van der Waals surface area contributed by atoms with Crippen LogP contribution in [0.3, 0.4) is 0 Å². The van der Waals surface area contributed by atoms with Gasteiger partial charge < -0.3 is 10.2 Å². The Hall–Kier alpha value is -2.09. The maximum Gasteiger partial charge on any atom is 0.416 e. The van der Waals surface area contributed by atoms with Crippen LogP contribution in [-0.4, -0.2) is 53.8 Å². The van der Waals surface area contributed by atoms with Gasteiger partial charge in [0.05, 0.1) is 11.5 Å². The zero-order valence-corrected chi connectivity index (χ0v) is 16.0. The van der Waals surface area contributed by atoms with Gasteiger partial charge in [0, 0.05) is 32.1 Å². The van der Waals surface area contributed by atoms with Crippen molar-refractivity contribution in [3.8, 4) is 0 Å². The number of carbonyl (C=O) groups excluding carboxylic acids is 2. The molecule has 2 heterocycles. The van der Waals surface area contributed by atoms with E-state index in [1.807, 2.05) is 0 Å². The molecule has 0 spiro atoms. The molecule has 154 valence electrons. The van der Waals surface area contributed by atoms with Crippen molar-refractivity contribution in [2.24, 2.45) is 5.92 Å². The average molecular weight is 397 g/mol. The Labute approximate surface area is 162 Å². The number of hydrogen-bond donors (Lipinski definition) is 1. The second-order valence-electron chi connectivity index (χ2n) is 7.54. The van der Waals surface area contributed by atoms with E-state index >= 15 is 0 Å². The summed E-state index contributed by atoms with van der Waals surface area (Å²) in [6.45, 7) is 4.99. The summed E-state index contributed by atoms with van der Waals surface area (Å²) < 4.78 is 38.6. The first-order valence-electron chi connectivity index (χ1n) is 9.73. The summed E-state index contributed by atoms with van der Waals surface area (Å²) in [7, 11) is 0. The van der Waals surface area contributed by atoms with Gasteiger partial charge in [-0.15, -0.1) is 0 Å². The molecule has 0 aromatic heterocycles. The maximum atomic E-state index is 12.9. The third-order valence-corrected chi connectivity index (χ3v) is 5.63. The van der Waals surface area contributed by atoms with Crippen molar-refractivity contribution in [2.45, 2.75) is 44.9 Å². The fraction of sp³-hybridized carbons (Fsp3) is 0.600. The topological polar surface area (TPSA) is 52.7 Å². The SMILES string of the molecule is CCN1CCC[C@H]1CNC(=O)[C@@H]1CC(=O)N(Cc2cccc(C(F)(F)F)c2)C1. The summed E-state index contributed by atoms with van der Waals surface area (Å²) >= 11 is 0. The van der Waals surface area contributed by atoms with Crippen LogP contribution in [0, 0.1) is 5.92 Å². The highest BCUT2D eigenvalue weighted by molar-refractivity contribution is 5.89. The van der Waals surface area contributed by atoms with Crippen molar-refractivity contribution in [1.29, 1.82) is 0 Å². The van der Waals surface area contributed by atoms with E-state index in [1.165, 1.54) is 11.0 Å². The minimum absolute atomic E-state index is 0.0821. The van der Waals surface area contributed by atoms with Gasteiger partial charge in [-0.05, 0) is 43.6 Å². The number of likely N-dealkylation sites (tertiary alicyclic amines) is 2. The summed E-state index contributed by atoms with van der Waals surface area (Å²) in [4.78, 5) is 28.5. The molecule has 3 rings (SSSR count). The Morgan fingerprint density at radius 1 is 1.32 bits per heavy atom. The Morgan fingerprint density at radius 3 is 2.82 bits per heavy atom. The van der Waals surface area contributed by atoms with Crippen molar-refractivity contribution in [1.82, 2.24) is 15.1 Å². The number of amides is 2. The molecule has 2 fully saturated rings. The predicted octanol–water partition coefficient (Wildman–Crippen LogP) is 2.65. The Bertz CT molecular complexity index is 723. The number of carbonyl (C=O) groups is 2. The number of rotatable bonds is 6. The molecule has 0 unspecified atom stereocenters. The lowest BCUT2D eigenvalue weighted by molar-refractivity contribution is -0.137. The normalized spacial score (nSPS) is 23.4. The molecule has 0 saturated carbocycles. The van der Waals surface area contributed by atoms with E-state index in [2.05, 4.69) is 17.1 Å². The molecule has 1 aromatic rings. The number of benzene rings is 1. The van der Waals surface area contributed by atoms with Crippen molar-refractivity contribution in [2.75, 3.05) is 26.2 Å². The number of nitrogens with one attached hydrogen (secondary N) is 1. The second-order valence-corrected chi connectivity index (χ2v) is 7.54. The molecule has 5 nitrogen and oxygen atoms in total. The fourth-order valence-electron chi connectivity index (χ4n) is 4.07. The van der Waals surface area contributed by atoms with Crippen molar-refractivity contribution in [3.05, 3.63) is 35.4 Å². The van der Waals surface area contributed by atoms with Gasteiger partial charge in [-0.25, -0.2) is 0 Å². The number of nitrogens with zero attached hydrogens (tertiary/aromatic N) is 2. The van der Waals surface area contributed by atoms with Crippen LogP contribution < -0.4 is 5.32 Å². The molecule has 2 atom stereocenters. The molecule has 1 N–H and O–H groups in total. The van der Waals surface area contributed by atoms with Crippen LogP contribution >= 0.6 is 0 Å². The summed E-state index contributed by atoms with van der Waals surface area (Å²) in [6.07, 6.45) is -2.13. The van der Waals surface area contributed by atoms with Gasteiger partial charge in [-0.3, -0.25) is 14.5 Å². The monoisotopic (exact) mass is 397 g/mol. The largest absolute Gasteiger partial charge is 0.416 e. The lowest BCUT2D eigenvalue weighted by atomic mass is 10.1. The van der Waals surface area contributed by atoms with Crippen LogP contribution in [-0.2, 0) is 22.3 Å². The molecule has 28 heavy (non-hydrogen) atoms. The number of likely N-dealkylation sites (N-methyl/N-ethyl adjacent to an activating group) is 1. The van der Waals surface area contributed by atoms with E-state index in [9.17, 15) is 22.8 Å². The van der Waals surface area contributed by atoms with Gasteiger partial charge in [-0.2, -0.15) is 13.2 Å². The van der Waals surface area contributed by atoms with Gasteiger partial charge in [0.15, 0.2) is 0 Å². The highest BCUT2D eigenvalue weighted by atomic mass is 19.4. The molecule has 2 saturated heterocycles. The third-order valence-electron chi connectivity index (χ3n) is 5.63. The van der Waals surface area contributed by atoms with E-state index in [0.717, 1.165) is 38.1 Å². The van der Waals surface area contributed by atoms with E-state index in [4.69, 9.17) is 0 Å². The average Bonchev–Trinajstić information content (AvgIpc) is 3.26. The maximum absolute atomic E-state index is 12.9. The Balaban J connectivity index is 1.54. The van der Waals surface area contributed by atoms with Crippen LogP contribution in [0.15, 0.2) is 24.3 Å². The van der Waals surface area contributed by atoms with Crippen molar-refractivity contribution < 1.29 is 22.8 Å². The summed E-state index contributed by atoms with van der Waals surface area (Å²) in [6, 6.07) is 5.31. The molecular weight excluding hydrogens is 371 g/mol. The van der Waals surface area contributed by atoms with Crippen LogP contribution in [0.1, 0.15) is 37.3 Å². The van der Waals surface area contributed by atoms with Crippen LogP contribution in [0.2, 0.25) is 0 Å². The number of hydrogen-bond acceptors (Lipinski definition) is 3. The van der Waals surface area contributed by atoms with E-state index in [1.54, 1.807) is 6.07 Å². The van der Waals surface area contributed by atoms with E-state index < -0.39 is 17.7 Å². The molecule has 2 amide bonds. The number of halogens is 3. The fourth-order valence-corrected chi connectivity index (χ4v) is 4.07. The Kier molecular flexibility index (Phi) is 6.27. The first kappa shape index (κ1) is 20.6. The third kappa shape index (κ3) is 4.84. The van der Waals surface area contributed by atoms with Crippen LogP contribution in [0.5, 0.6) is 0 Å². The van der Waals surface area contributed by atoms with Crippen LogP contribution in [0.25, 0.3) is 0 Å². The van der Waals surface area contributed by atoms with Gasteiger partial charge in [0.1, 0.15) is 0 Å². The molecular formula is C20H26F3N3O2. The van der Waals surface area contributed by atoms with Gasteiger partial charge in [-0.1, -0.05) is 19.1 Å². The van der Waals surface area contributed by atoms with Crippen LogP contribution in [0.4, 0.5) is 13.2 Å². The highest BCUT2D eigenvalue weighted by Crippen LogP contribution is 2.30. The molecule has 2 aliphatic rings. The quantitative estimate of drug-likeness (QED) is 0.803. The molecule has 0 radical (unpaired) electrons. The first-order chi connectivity index (χ1) is 13.3. The van der Waals surface area contributed by atoms with E-state index in [0.29, 0.717) is 18.2 Å². The zero-order valence-electron chi connectivity index (χ0n) is 16.0. The lowest BCUT2D eigenvalue weighted by Crippen LogP contribution is -2.42. The summed E-state index contributed by atoms with van der Waals surface area (Å²) in [5.74, 6) is -0.800. The lowest BCUT2D eigenvalue weighted by Gasteiger charge is -2.23. The molecule has 1 aromatic carbocycles. The van der Waals surface area contributed by atoms with Gasteiger partial charge >= 0.3 is 6.18 Å². The molecule has 0 bridgehead atoms. The minimum Gasteiger partial charge on any atom is -0.354 e. The van der Waals surface area contributed by atoms with Crippen molar-refractivity contribution in [3.63, 3.8) is 0 Å². The minimum atomic E-state index is -4.42. The molecule has 0 aliphatic carbocycles. The standard InChI is InChI=1S/C20H26F3N3O2/c1-2-25-8-4-7-17(25)11-24-19(28)15-10-18(27)26(13-15)12-14-5-3-6-16(9-14)20(21,22)23/h3,5-6,9,15,17H,2,4,7-8,10-13H2,1H3,(H,24,28)/t15-,17+/m1/s1. The smallest absolute Gasteiger partial charge is 0.354 e. The highest BCUT2D eigenvalue weighted by Gasteiger charge is 2.35. The second kappa shape index (κ2) is 8.51. The zero-order chi connectivity index (χ0) is 20.3. The van der Waals surface area contributed by atoms with Gasteiger partial charge in [0.25, 0.3) is 0 Å². The van der Waals surface area contributed by atoms with Crippen molar-refractivity contribution >= 4 is 11.8 Å². The number of alkyl halides is 3. The van der Waals surface area contributed by atoms with Gasteiger partial charge in [0.2, 0.25) is 11.8 Å². The Morgan fingerprint density at radius 2 is 2.11 bits per heavy atom. The molecule has 8 heteroatoms. The first-order valence-corrected chi connectivity index (χ1v) is 9.73. The predicted molar refractivity (Wildman–Crippen MR) is 98.2 cm³/mol. The van der Waals surface area contributed by atoms with E-state index in [-0.39, 0.29) is 31.3 Å².